The Bertz CT molecular complexity index is 1010. The van der Waals surface area contributed by atoms with Crippen LogP contribution in [0.5, 0.6) is 0 Å². The minimum Gasteiger partial charge on any atom is -0.299 e. The first-order valence-electron chi connectivity index (χ1n) is 9.86. The van der Waals surface area contributed by atoms with Gasteiger partial charge in [0.15, 0.2) is 5.78 Å². The Kier molecular flexibility index (Phi) is 5.24. The number of Topliss-reactive ketones (excluding diaryl/α,β-unsaturated/α-hetero) is 1. The molecule has 146 valence electrons. The number of rotatable bonds is 4. The van der Waals surface area contributed by atoms with E-state index in [2.05, 4.69) is 4.98 Å². The third-order valence-corrected chi connectivity index (χ3v) is 5.94. The number of hydrogen-bond donors (Lipinski definition) is 0. The van der Waals surface area contributed by atoms with Gasteiger partial charge >= 0.3 is 0 Å². The van der Waals surface area contributed by atoms with Crippen LogP contribution in [0, 0.1) is 5.92 Å². The van der Waals surface area contributed by atoms with E-state index < -0.39 is 5.67 Å². The highest BCUT2D eigenvalue weighted by molar-refractivity contribution is 6.30. The summed E-state index contributed by atoms with van der Waals surface area (Å²) >= 11 is 6.10. The number of imidazole rings is 1. The topological polar surface area (TPSA) is 34.9 Å². The van der Waals surface area contributed by atoms with Gasteiger partial charge in [-0.15, -0.1) is 0 Å². The number of nitrogens with zero attached hydrogens (tertiary/aromatic N) is 2. The van der Waals surface area contributed by atoms with Gasteiger partial charge in [0, 0.05) is 22.7 Å². The zero-order chi connectivity index (χ0) is 19.7. The molecule has 0 N–H and O–H groups in total. The van der Waals surface area contributed by atoms with Gasteiger partial charge in [0.25, 0.3) is 0 Å². The van der Waals surface area contributed by atoms with Crippen LogP contribution in [0.3, 0.4) is 0 Å². The SMILES string of the molecule is CC1(F)CCCCC(CC(=O)c2ccc3c(c2)ncn3-c2cccc(Cl)c2)C1. The molecule has 2 aromatic carbocycles. The predicted octanol–water partition coefficient (Wildman–Crippen LogP) is 6.56. The molecule has 1 saturated carbocycles. The molecule has 0 spiro atoms. The molecule has 0 bridgehead atoms. The van der Waals surface area contributed by atoms with Gasteiger partial charge in [0.2, 0.25) is 0 Å². The summed E-state index contributed by atoms with van der Waals surface area (Å²) in [5, 5.41) is 0.661. The number of benzene rings is 2. The van der Waals surface area contributed by atoms with Crippen LogP contribution in [0.1, 0.15) is 55.8 Å². The molecule has 1 aliphatic rings. The van der Waals surface area contributed by atoms with Crippen molar-refractivity contribution in [1.29, 1.82) is 0 Å². The van der Waals surface area contributed by atoms with Crippen LogP contribution in [-0.2, 0) is 0 Å². The smallest absolute Gasteiger partial charge is 0.163 e. The lowest BCUT2D eigenvalue weighted by Crippen LogP contribution is -2.21. The second kappa shape index (κ2) is 7.67. The molecule has 3 nitrogen and oxygen atoms in total. The Labute approximate surface area is 169 Å². The molecule has 5 heteroatoms. The first-order chi connectivity index (χ1) is 13.4. The van der Waals surface area contributed by atoms with E-state index in [9.17, 15) is 9.18 Å². The van der Waals surface area contributed by atoms with E-state index in [0.717, 1.165) is 36.0 Å². The van der Waals surface area contributed by atoms with E-state index in [1.165, 1.54) is 0 Å². The van der Waals surface area contributed by atoms with E-state index in [1.807, 2.05) is 47.0 Å². The van der Waals surface area contributed by atoms with Gasteiger partial charge in [0.05, 0.1) is 11.0 Å². The Balaban J connectivity index is 1.56. The number of alkyl halides is 1. The fraction of sp³-hybridized carbons (Fsp3) is 0.391. The zero-order valence-electron chi connectivity index (χ0n) is 16.0. The molecule has 4 rings (SSSR count). The average molecular weight is 399 g/mol. The number of aromatic nitrogens is 2. The van der Waals surface area contributed by atoms with Crippen LogP contribution in [0.4, 0.5) is 4.39 Å². The zero-order valence-corrected chi connectivity index (χ0v) is 16.8. The summed E-state index contributed by atoms with van der Waals surface area (Å²) in [5.74, 6) is 0.187. The average Bonchev–Trinajstić information content (AvgIpc) is 3.00. The van der Waals surface area contributed by atoms with Crippen LogP contribution in [0.25, 0.3) is 16.7 Å². The normalized spacial score (nSPS) is 22.9. The molecule has 0 radical (unpaired) electrons. The summed E-state index contributed by atoms with van der Waals surface area (Å²) in [4.78, 5) is 17.3. The maximum absolute atomic E-state index is 14.5. The maximum atomic E-state index is 14.5. The molecular formula is C23H24ClFN2O. The van der Waals surface area contributed by atoms with E-state index in [4.69, 9.17) is 11.6 Å². The number of carbonyl (C=O) groups excluding carboxylic acids is 1. The fourth-order valence-electron chi connectivity index (χ4n) is 4.30. The number of ketones is 1. The Morgan fingerprint density at radius 2 is 2.14 bits per heavy atom. The highest BCUT2D eigenvalue weighted by Gasteiger charge is 2.31. The minimum absolute atomic E-state index is 0.0712. The van der Waals surface area contributed by atoms with Crippen LogP contribution in [-0.4, -0.2) is 21.0 Å². The van der Waals surface area contributed by atoms with E-state index in [1.54, 1.807) is 13.3 Å². The number of carbonyl (C=O) groups is 1. The van der Waals surface area contributed by atoms with Gasteiger partial charge in [-0.3, -0.25) is 9.36 Å². The third-order valence-electron chi connectivity index (χ3n) is 5.70. The van der Waals surface area contributed by atoms with Crippen molar-refractivity contribution in [3.8, 4) is 5.69 Å². The maximum Gasteiger partial charge on any atom is 0.163 e. The van der Waals surface area contributed by atoms with Gasteiger partial charge in [-0.2, -0.15) is 0 Å². The molecule has 2 atom stereocenters. The summed E-state index contributed by atoms with van der Waals surface area (Å²) in [7, 11) is 0. The number of halogens is 2. The molecular weight excluding hydrogens is 375 g/mol. The molecule has 1 heterocycles. The van der Waals surface area contributed by atoms with Gasteiger partial charge in [-0.1, -0.05) is 30.5 Å². The molecule has 2 unspecified atom stereocenters. The van der Waals surface area contributed by atoms with Gasteiger partial charge in [-0.25, -0.2) is 9.37 Å². The lowest BCUT2D eigenvalue weighted by molar-refractivity contribution is 0.0924. The van der Waals surface area contributed by atoms with E-state index in [0.29, 0.717) is 29.8 Å². The molecule has 28 heavy (non-hydrogen) atoms. The molecule has 0 saturated heterocycles. The van der Waals surface area contributed by atoms with Crippen LogP contribution < -0.4 is 0 Å². The van der Waals surface area contributed by atoms with Crippen molar-refractivity contribution in [3.63, 3.8) is 0 Å². The largest absolute Gasteiger partial charge is 0.299 e. The van der Waals surface area contributed by atoms with E-state index >= 15 is 0 Å². The monoisotopic (exact) mass is 398 g/mol. The quantitative estimate of drug-likeness (QED) is 0.368. The summed E-state index contributed by atoms with van der Waals surface area (Å²) < 4.78 is 16.5. The molecule has 0 aliphatic heterocycles. The first-order valence-corrected chi connectivity index (χ1v) is 10.2. The van der Waals surface area contributed by atoms with Crippen molar-refractivity contribution in [2.45, 2.75) is 51.1 Å². The summed E-state index contributed by atoms with van der Waals surface area (Å²) in [5.41, 5.74) is 2.11. The van der Waals surface area contributed by atoms with Crippen molar-refractivity contribution in [1.82, 2.24) is 9.55 Å². The summed E-state index contributed by atoms with van der Waals surface area (Å²) in [6, 6.07) is 13.2. The number of fused-ring (bicyclic) bond motifs is 1. The van der Waals surface area contributed by atoms with Crippen molar-refractivity contribution in [3.05, 3.63) is 59.4 Å². The van der Waals surface area contributed by atoms with Crippen molar-refractivity contribution in [2.75, 3.05) is 0 Å². The van der Waals surface area contributed by atoms with Crippen LogP contribution in [0.2, 0.25) is 5.02 Å². The first kappa shape index (κ1) is 19.1. The second-order valence-electron chi connectivity index (χ2n) is 8.15. The highest BCUT2D eigenvalue weighted by atomic mass is 35.5. The lowest BCUT2D eigenvalue weighted by Gasteiger charge is -2.22. The van der Waals surface area contributed by atoms with Gasteiger partial charge in [0.1, 0.15) is 12.0 Å². The van der Waals surface area contributed by atoms with E-state index in [-0.39, 0.29) is 11.7 Å². The van der Waals surface area contributed by atoms with Crippen molar-refractivity contribution < 1.29 is 9.18 Å². The van der Waals surface area contributed by atoms with Crippen LogP contribution in [0.15, 0.2) is 48.8 Å². The minimum atomic E-state index is -1.15. The molecule has 0 amide bonds. The molecule has 1 aliphatic carbocycles. The third kappa shape index (κ3) is 4.12. The van der Waals surface area contributed by atoms with Crippen molar-refractivity contribution in [2.24, 2.45) is 5.92 Å². The molecule has 1 aromatic heterocycles. The summed E-state index contributed by atoms with van der Waals surface area (Å²) in [6.45, 7) is 1.67. The van der Waals surface area contributed by atoms with Crippen molar-refractivity contribution >= 4 is 28.4 Å². The Hall–Kier alpha value is -2.20. The standard InChI is InChI=1S/C23H24ClFN2O/c1-23(25)10-3-2-5-16(14-23)11-22(28)17-8-9-21-20(12-17)26-15-27(21)19-7-4-6-18(24)13-19/h4,6-9,12-13,15-16H,2-3,5,10-11,14H2,1H3. The second-order valence-corrected chi connectivity index (χ2v) is 8.59. The lowest BCUT2D eigenvalue weighted by atomic mass is 9.87. The van der Waals surface area contributed by atoms with Crippen LogP contribution >= 0.6 is 11.6 Å². The Morgan fingerprint density at radius 1 is 1.29 bits per heavy atom. The van der Waals surface area contributed by atoms with Gasteiger partial charge < -0.3 is 0 Å². The molecule has 3 aromatic rings. The highest BCUT2D eigenvalue weighted by Crippen LogP contribution is 2.36. The fourth-order valence-corrected chi connectivity index (χ4v) is 4.49. The number of hydrogen-bond acceptors (Lipinski definition) is 2. The predicted molar refractivity (Wildman–Crippen MR) is 111 cm³/mol. The Morgan fingerprint density at radius 3 is 2.96 bits per heavy atom. The van der Waals surface area contributed by atoms with Gasteiger partial charge in [-0.05, 0) is 68.5 Å². The molecule has 1 fully saturated rings. The summed E-state index contributed by atoms with van der Waals surface area (Å²) in [6.07, 6.45) is 6.06.